The maximum Gasteiger partial charge on any atom is 0.251 e. The van der Waals surface area contributed by atoms with Gasteiger partial charge < -0.3 is 4.98 Å². The summed E-state index contributed by atoms with van der Waals surface area (Å²) in [7, 11) is 0. The van der Waals surface area contributed by atoms with Crippen LogP contribution in [0.2, 0.25) is 0 Å². The van der Waals surface area contributed by atoms with Crippen molar-refractivity contribution < 1.29 is 0 Å². The molecule has 1 aromatic rings. The van der Waals surface area contributed by atoms with E-state index in [1.165, 1.54) is 17.8 Å². The highest BCUT2D eigenvalue weighted by Gasteiger charge is 1.98. The Kier molecular flexibility index (Phi) is 4.73. The minimum atomic E-state index is -0.139. The van der Waals surface area contributed by atoms with Crippen LogP contribution in [0.15, 0.2) is 21.1 Å². The summed E-state index contributed by atoms with van der Waals surface area (Å²) in [6, 6.07) is 1.45. The summed E-state index contributed by atoms with van der Waals surface area (Å²) in [6.45, 7) is 2.25. The third-order valence-electron chi connectivity index (χ3n) is 1.55. The molecule has 6 nitrogen and oxygen atoms in total. The van der Waals surface area contributed by atoms with Crippen molar-refractivity contribution in [1.82, 2.24) is 9.97 Å². The lowest BCUT2D eigenvalue weighted by Crippen LogP contribution is -2.08. The Hall–Kier alpha value is -1.46. The van der Waals surface area contributed by atoms with E-state index in [1.807, 2.05) is 0 Å². The Balaban J connectivity index is 2.43. The molecule has 0 bridgehead atoms. The van der Waals surface area contributed by atoms with Crippen molar-refractivity contribution in [2.75, 3.05) is 12.3 Å². The summed E-state index contributed by atoms with van der Waals surface area (Å²) in [4.78, 5) is 20.5. The van der Waals surface area contributed by atoms with Crippen LogP contribution in [0, 0.1) is 6.92 Å². The molecule has 15 heavy (non-hydrogen) atoms. The molecule has 1 aromatic heterocycles. The van der Waals surface area contributed by atoms with Gasteiger partial charge in [-0.1, -0.05) is 16.9 Å². The zero-order valence-electron chi connectivity index (χ0n) is 8.30. The molecule has 0 spiro atoms. The normalized spacial score (nSPS) is 9.67. The van der Waals surface area contributed by atoms with Crippen LogP contribution in [0.4, 0.5) is 0 Å². The van der Waals surface area contributed by atoms with E-state index < -0.39 is 0 Å². The van der Waals surface area contributed by atoms with Gasteiger partial charge in [0, 0.05) is 29.0 Å². The second kappa shape index (κ2) is 6.10. The quantitative estimate of drug-likeness (QED) is 0.207. The van der Waals surface area contributed by atoms with E-state index in [-0.39, 0.29) is 5.56 Å². The fourth-order valence-corrected chi connectivity index (χ4v) is 1.82. The predicted octanol–water partition coefficient (Wildman–Crippen LogP) is 1.87. The van der Waals surface area contributed by atoms with Gasteiger partial charge in [0.2, 0.25) is 0 Å². The average Bonchev–Trinajstić information content (AvgIpc) is 2.16. The van der Waals surface area contributed by atoms with Gasteiger partial charge >= 0.3 is 0 Å². The number of nitrogens with zero attached hydrogens (tertiary/aromatic N) is 4. The van der Waals surface area contributed by atoms with Gasteiger partial charge in [-0.15, -0.1) is 0 Å². The first-order valence-corrected chi connectivity index (χ1v) is 5.42. The number of aromatic nitrogens is 2. The van der Waals surface area contributed by atoms with Crippen LogP contribution in [0.5, 0.6) is 0 Å². The van der Waals surface area contributed by atoms with Crippen LogP contribution in [-0.4, -0.2) is 22.3 Å². The molecule has 0 unspecified atom stereocenters. The molecule has 0 aromatic carbocycles. The van der Waals surface area contributed by atoms with Gasteiger partial charge in [-0.05, 0) is 18.9 Å². The summed E-state index contributed by atoms with van der Waals surface area (Å²) in [5.41, 5.74) is 8.61. The second-order valence-corrected chi connectivity index (χ2v) is 3.93. The lowest BCUT2D eigenvalue weighted by molar-refractivity contribution is 0.891. The average molecular weight is 225 g/mol. The Morgan fingerprint density at radius 3 is 3.20 bits per heavy atom. The fourth-order valence-electron chi connectivity index (χ4n) is 0.969. The maximum absolute atomic E-state index is 11.1. The summed E-state index contributed by atoms with van der Waals surface area (Å²) in [6.07, 6.45) is 0.770. The SMILES string of the molecule is Cc1cc(=O)[nH]c(SCCCN=[N+]=[N-])n1. The van der Waals surface area contributed by atoms with Gasteiger partial charge in [-0.25, -0.2) is 4.98 Å². The van der Waals surface area contributed by atoms with Crippen molar-refractivity contribution in [3.05, 3.63) is 32.6 Å². The summed E-state index contributed by atoms with van der Waals surface area (Å²) in [5, 5.41) is 4.02. The lowest BCUT2D eigenvalue weighted by atomic mass is 10.5. The van der Waals surface area contributed by atoms with Crippen LogP contribution in [0.1, 0.15) is 12.1 Å². The Morgan fingerprint density at radius 2 is 2.53 bits per heavy atom. The molecular formula is C8H11N5OS. The molecule has 0 aliphatic rings. The molecule has 1 rings (SSSR count). The van der Waals surface area contributed by atoms with Crippen molar-refractivity contribution in [2.45, 2.75) is 18.5 Å². The molecule has 80 valence electrons. The van der Waals surface area contributed by atoms with Crippen molar-refractivity contribution in [2.24, 2.45) is 5.11 Å². The van der Waals surface area contributed by atoms with Crippen LogP contribution < -0.4 is 5.56 Å². The smallest absolute Gasteiger partial charge is 0.251 e. The zero-order chi connectivity index (χ0) is 11.1. The van der Waals surface area contributed by atoms with Crippen LogP contribution in [-0.2, 0) is 0 Å². The first-order valence-electron chi connectivity index (χ1n) is 4.44. The second-order valence-electron chi connectivity index (χ2n) is 2.85. The number of aromatic amines is 1. The molecule has 7 heteroatoms. The van der Waals surface area contributed by atoms with Gasteiger partial charge in [0.15, 0.2) is 5.16 Å². The lowest BCUT2D eigenvalue weighted by Gasteiger charge is -1.99. The van der Waals surface area contributed by atoms with E-state index in [2.05, 4.69) is 20.0 Å². The Bertz CT molecular complexity index is 423. The van der Waals surface area contributed by atoms with Gasteiger partial charge in [-0.3, -0.25) is 4.79 Å². The standard InChI is InChI=1S/C8H11N5OS/c1-6-5-7(14)12-8(11-6)15-4-2-3-10-13-9/h5H,2-4H2,1H3,(H,11,12,14). The molecule has 1 N–H and O–H groups in total. The number of hydrogen-bond acceptors (Lipinski definition) is 4. The minimum Gasteiger partial charge on any atom is -0.301 e. The molecule has 0 aliphatic heterocycles. The highest BCUT2D eigenvalue weighted by molar-refractivity contribution is 7.99. The first-order chi connectivity index (χ1) is 7.22. The summed E-state index contributed by atoms with van der Waals surface area (Å²) >= 11 is 1.45. The topological polar surface area (TPSA) is 94.5 Å². The summed E-state index contributed by atoms with van der Waals surface area (Å²) < 4.78 is 0. The number of aryl methyl sites for hydroxylation is 1. The van der Waals surface area contributed by atoms with Crippen LogP contribution in [0.25, 0.3) is 10.4 Å². The highest BCUT2D eigenvalue weighted by atomic mass is 32.2. The van der Waals surface area contributed by atoms with Crippen molar-refractivity contribution >= 4 is 11.8 Å². The monoisotopic (exact) mass is 225 g/mol. The number of hydrogen-bond donors (Lipinski definition) is 1. The van der Waals surface area contributed by atoms with Gasteiger partial charge in [0.1, 0.15) is 0 Å². The predicted molar refractivity (Wildman–Crippen MR) is 58.9 cm³/mol. The molecule has 0 radical (unpaired) electrons. The molecule has 0 saturated heterocycles. The molecule has 0 aliphatic carbocycles. The van der Waals surface area contributed by atoms with Gasteiger partial charge in [0.05, 0.1) is 0 Å². The summed E-state index contributed by atoms with van der Waals surface area (Å²) in [5.74, 6) is 0.769. The third-order valence-corrected chi connectivity index (χ3v) is 2.51. The number of rotatable bonds is 5. The van der Waals surface area contributed by atoms with E-state index in [4.69, 9.17) is 5.53 Å². The number of H-pyrrole nitrogens is 1. The molecular weight excluding hydrogens is 214 g/mol. The van der Waals surface area contributed by atoms with Crippen molar-refractivity contribution in [3.63, 3.8) is 0 Å². The highest BCUT2D eigenvalue weighted by Crippen LogP contribution is 2.11. The molecule has 0 atom stereocenters. The van der Waals surface area contributed by atoms with Gasteiger partial charge in [0.25, 0.3) is 5.56 Å². The van der Waals surface area contributed by atoms with Crippen molar-refractivity contribution in [1.29, 1.82) is 0 Å². The maximum atomic E-state index is 11.1. The third kappa shape index (κ3) is 4.53. The van der Waals surface area contributed by atoms with Crippen LogP contribution in [0.3, 0.4) is 0 Å². The van der Waals surface area contributed by atoms with E-state index in [1.54, 1.807) is 6.92 Å². The molecule has 0 saturated carbocycles. The van der Waals surface area contributed by atoms with E-state index >= 15 is 0 Å². The fraction of sp³-hybridized carbons (Fsp3) is 0.500. The molecule has 1 heterocycles. The van der Waals surface area contributed by atoms with Gasteiger partial charge in [-0.2, -0.15) is 0 Å². The number of thioether (sulfide) groups is 1. The van der Waals surface area contributed by atoms with Crippen LogP contribution >= 0.6 is 11.8 Å². The Labute approximate surface area is 90.7 Å². The molecule has 0 amide bonds. The van der Waals surface area contributed by atoms with E-state index in [9.17, 15) is 4.79 Å². The number of nitrogens with one attached hydrogen (secondary N) is 1. The minimum absolute atomic E-state index is 0.139. The number of azide groups is 1. The Morgan fingerprint density at radius 1 is 1.73 bits per heavy atom. The molecule has 0 fully saturated rings. The van der Waals surface area contributed by atoms with Crippen molar-refractivity contribution in [3.8, 4) is 0 Å². The van der Waals surface area contributed by atoms with E-state index in [0.717, 1.165) is 12.2 Å². The first kappa shape index (κ1) is 11.6. The zero-order valence-corrected chi connectivity index (χ0v) is 9.12. The largest absolute Gasteiger partial charge is 0.301 e. The van der Waals surface area contributed by atoms with E-state index in [0.29, 0.717) is 17.4 Å².